The summed E-state index contributed by atoms with van der Waals surface area (Å²) in [5.74, 6) is 0.778. The summed E-state index contributed by atoms with van der Waals surface area (Å²) in [6, 6.07) is 10.3. The number of hydrogen-bond acceptors (Lipinski definition) is 2. The van der Waals surface area contributed by atoms with Crippen LogP contribution in [-0.4, -0.2) is 19.7 Å². The maximum atomic E-state index is 5.61. The molecular weight excluding hydrogens is 210 g/mol. The largest absolute Gasteiger partial charge is 0.377 e. The lowest BCUT2D eigenvalue weighted by atomic mass is 10.1. The number of nitrogens with one attached hydrogen (secondary N) is 1. The van der Waals surface area contributed by atoms with E-state index < -0.39 is 0 Å². The van der Waals surface area contributed by atoms with E-state index in [0.717, 1.165) is 38.6 Å². The van der Waals surface area contributed by atoms with Crippen molar-refractivity contribution in [3.63, 3.8) is 0 Å². The highest BCUT2D eigenvalue weighted by molar-refractivity contribution is 5.13. The first-order chi connectivity index (χ1) is 8.33. The molecule has 0 aromatic heterocycles. The molecule has 0 aliphatic carbocycles. The summed E-state index contributed by atoms with van der Waals surface area (Å²) in [7, 11) is 0. The summed E-state index contributed by atoms with van der Waals surface area (Å²) < 4.78 is 5.61. The smallest absolute Gasteiger partial charge is 0.0716 e. The van der Waals surface area contributed by atoms with Gasteiger partial charge in [-0.1, -0.05) is 50.6 Å². The van der Waals surface area contributed by atoms with E-state index in [-0.39, 0.29) is 0 Å². The average molecular weight is 235 g/mol. The highest BCUT2D eigenvalue weighted by atomic mass is 16.5. The third-order valence-corrected chi connectivity index (χ3v) is 2.94. The fourth-order valence-corrected chi connectivity index (χ4v) is 1.56. The summed E-state index contributed by atoms with van der Waals surface area (Å²) in [6.07, 6.45) is 2.33. The normalized spacial score (nSPS) is 12.6. The number of hydrogen-bond donors (Lipinski definition) is 1. The minimum absolute atomic E-state index is 0.728. The van der Waals surface area contributed by atoms with Gasteiger partial charge in [-0.3, -0.25) is 0 Å². The second-order valence-electron chi connectivity index (χ2n) is 4.61. The van der Waals surface area contributed by atoms with Crippen LogP contribution in [0.1, 0.15) is 32.3 Å². The summed E-state index contributed by atoms with van der Waals surface area (Å²) >= 11 is 0. The molecule has 0 heterocycles. The van der Waals surface area contributed by atoms with Crippen LogP contribution in [0.4, 0.5) is 0 Å². The molecule has 1 aromatic rings. The standard InChI is InChI=1S/C15H25NO/c1-3-14(2)12-16-10-7-11-17-13-15-8-5-4-6-9-15/h4-6,8-9,14,16H,3,7,10-13H2,1-2H3. The molecule has 17 heavy (non-hydrogen) atoms. The van der Waals surface area contributed by atoms with Crippen molar-refractivity contribution in [1.82, 2.24) is 5.32 Å². The van der Waals surface area contributed by atoms with Gasteiger partial charge in [0.15, 0.2) is 0 Å². The number of benzene rings is 1. The highest BCUT2D eigenvalue weighted by Gasteiger charge is 1.97. The van der Waals surface area contributed by atoms with E-state index in [1.54, 1.807) is 0 Å². The maximum absolute atomic E-state index is 5.61. The van der Waals surface area contributed by atoms with Crippen LogP contribution in [0.2, 0.25) is 0 Å². The van der Waals surface area contributed by atoms with E-state index in [9.17, 15) is 0 Å². The molecule has 1 rings (SSSR count). The second kappa shape index (κ2) is 9.20. The predicted molar refractivity (Wildman–Crippen MR) is 73.0 cm³/mol. The van der Waals surface area contributed by atoms with E-state index >= 15 is 0 Å². The third-order valence-electron chi connectivity index (χ3n) is 2.94. The quantitative estimate of drug-likeness (QED) is 0.664. The van der Waals surface area contributed by atoms with E-state index in [1.165, 1.54) is 12.0 Å². The lowest BCUT2D eigenvalue weighted by Gasteiger charge is -2.10. The van der Waals surface area contributed by atoms with Crippen LogP contribution in [0, 0.1) is 5.92 Å². The van der Waals surface area contributed by atoms with Crippen LogP contribution in [0.25, 0.3) is 0 Å². The average Bonchev–Trinajstić information content (AvgIpc) is 2.38. The molecule has 0 amide bonds. The lowest BCUT2D eigenvalue weighted by molar-refractivity contribution is 0.118. The Balaban J connectivity index is 1.91. The number of ether oxygens (including phenoxy) is 1. The molecule has 2 nitrogen and oxygen atoms in total. The minimum atomic E-state index is 0.728. The van der Waals surface area contributed by atoms with Gasteiger partial charge in [0.05, 0.1) is 6.61 Å². The van der Waals surface area contributed by atoms with Crippen molar-refractivity contribution in [2.75, 3.05) is 19.7 Å². The van der Waals surface area contributed by atoms with Gasteiger partial charge in [-0.05, 0) is 31.0 Å². The monoisotopic (exact) mass is 235 g/mol. The number of rotatable bonds is 9. The Morgan fingerprint density at radius 3 is 2.71 bits per heavy atom. The zero-order chi connectivity index (χ0) is 12.3. The van der Waals surface area contributed by atoms with Gasteiger partial charge in [0, 0.05) is 6.61 Å². The molecule has 0 radical (unpaired) electrons. The first-order valence-electron chi connectivity index (χ1n) is 6.65. The van der Waals surface area contributed by atoms with Crippen molar-refractivity contribution in [2.24, 2.45) is 5.92 Å². The molecule has 0 fully saturated rings. The minimum Gasteiger partial charge on any atom is -0.377 e. The molecule has 1 unspecified atom stereocenters. The Bertz CT molecular complexity index is 274. The van der Waals surface area contributed by atoms with E-state index in [2.05, 4.69) is 31.3 Å². The van der Waals surface area contributed by atoms with Crippen molar-refractivity contribution >= 4 is 0 Å². The summed E-state index contributed by atoms with van der Waals surface area (Å²) in [4.78, 5) is 0. The molecule has 96 valence electrons. The molecule has 0 aliphatic rings. The molecule has 0 saturated heterocycles. The molecule has 0 spiro atoms. The third kappa shape index (κ3) is 7.14. The van der Waals surface area contributed by atoms with E-state index in [0.29, 0.717) is 0 Å². The Morgan fingerprint density at radius 2 is 2.00 bits per heavy atom. The molecule has 1 atom stereocenters. The van der Waals surface area contributed by atoms with Gasteiger partial charge in [0.25, 0.3) is 0 Å². The summed E-state index contributed by atoms with van der Waals surface area (Å²) in [5, 5.41) is 3.45. The Labute approximate surface area is 105 Å². The van der Waals surface area contributed by atoms with Crippen molar-refractivity contribution in [1.29, 1.82) is 0 Å². The fourth-order valence-electron chi connectivity index (χ4n) is 1.56. The van der Waals surface area contributed by atoms with E-state index in [4.69, 9.17) is 4.74 Å². The van der Waals surface area contributed by atoms with Gasteiger partial charge >= 0.3 is 0 Å². The molecule has 0 aliphatic heterocycles. The van der Waals surface area contributed by atoms with Gasteiger partial charge in [0.1, 0.15) is 0 Å². The van der Waals surface area contributed by atoms with Crippen LogP contribution >= 0.6 is 0 Å². The molecule has 1 aromatic carbocycles. The van der Waals surface area contributed by atoms with Crippen molar-refractivity contribution in [3.8, 4) is 0 Å². The molecule has 0 saturated carbocycles. The van der Waals surface area contributed by atoms with Crippen molar-refractivity contribution < 1.29 is 4.74 Å². The summed E-state index contributed by atoms with van der Waals surface area (Å²) in [6.45, 7) is 8.25. The zero-order valence-electron chi connectivity index (χ0n) is 11.1. The predicted octanol–water partition coefficient (Wildman–Crippen LogP) is 3.23. The van der Waals surface area contributed by atoms with Crippen LogP contribution in [-0.2, 0) is 11.3 Å². The van der Waals surface area contributed by atoms with Gasteiger partial charge in [-0.2, -0.15) is 0 Å². The van der Waals surface area contributed by atoms with E-state index in [1.807, 2.05) is 18.2 Å². The van der Waals surface area contributed by atoms with Crippen LogP contribution in [0.15, 0.2) is 30.3 Å². The Morgan fingerprint density at radius 1 is 1.24 bits per heavy atom. The Hall–Kier alpha value is -0.860. The van der Waals surface area contributed by atoms with Crippen molar-refractivity contribution in [2.45, 2.75) is 33.3 Å². The van der Waals surface area contributed by atoms with Crippen LogP contribution < -0.4 is 5.32 Å². The maximum Gasteiger partial charge on any atom is 0.0716 e. The molecule has 0 bridgehead atoms. The van der Waals surface area contributed by atoms with Gasteiger partial charge < -0.3 is 10.1 Å². The van der Waals surface area contributed by atoms with Gasteiger partial charge in [-0.25, -0.2) is 0 Å². The van der Waals surface area contributed by atoms with Crippen LogP contribution in [0.5, 0.6) is 0 Å². The van der Waals surface area contributed by atoms with Crippen molar-refractivity contribution in [3.05, 3.63) is 35.9 Å². The molecular formula is C15H25NO. The highest BCUT2D eigenvalue weighted by Crippen LogP contribution is 2.00. The zero-order valence-corrected chi connectivity index (χ0v) is 11.1. The molecule has 1 N–H and O–H groups in total. The van der Waals surface area contributed by atoms with Gasteiger partial charge in [0.2, 0.25) is 0 Å². The summed E-state index contributed by atoms with van der Waals surface area (Å²) in [5.41, 5.74) is 1.25. The first-order valence-corrected chi connectivity index (χ1v) is 6.65. The second-order valence-corrected chi connectivity index (χ2v) is 4.61. The Kier molecular flexibility index (Phi) is 7.69. The SMILES string of the molecule is CCC(C)CNCCCOCc1ccccc1. The lowest BCUT2D eigenvalue weighted by Crippen LogP contribution is -2.22. The first kappa shape index (κ1) is 14.2. The van der Waals surface area contributed by atoms with Gasteiger partial charge in [-0.15, -0.1) is 0 Å². The molecule has 2 heteroatoms. The topological polar surface area (TPSA) is 21.3 Å². The fraction of sp³-hybridized carbons (Fsp3) is 0.600. The van der Waals surface area contributed by atoms with Crippen LogP contribution in [0.3, 0.4) is 0 Å².